The van der Waals surface area contributed by atoms with Crippen LogP contribution in [-0.4, -0.2) is 18.0 Å². The Morgan fingerprint density at radius 3 is 2.37 bits per heavy atom. The summed E-state index contributed by atoms with van der Waals surface area (Å²) < 4.78 is 5.64. The molecule has 1 rings (SSSR count). The van der Waals surface area contributed by atoms with Crippen molar-refractivity contribution in [1.82, 2.24) is 0 Å². The second-order valence-corrected chi connectivity index (χ2v) is 6.75. The summed E-state index contributed by atoms with van der Waals surface area (Å²) in [5, 5.41) is 10.1. The predicted octanol–water partition coefficient (Wildman–Crippen LogP) is 4.90. The Labute approximate surface area is 119 Å². The van der Waals surface area contributed by atoms with Gasteiger partial charge in [0, 0.05) is 13.0 Å². The largest absolute Gasteiger partial charge is 0.368 e. The van der Waals surface area contributed by atoms with Crippen LogP contribution in [0.3, 0.4) is 0 Å². The third-order valence-corrected chi connectivity index (χ3v) is 4.84. The highest BCUT2D eigenvalue weighted by molar-refractivity contribution is 4.79. The molecule has 2 atom stereocenters. The molecule has 1 N–H and O–H groups in total. The molecule has 1 aliphatic rings. The minimum Gasteiger partial charge on any atom is -0.368 e. The average molecular weight is 270 g/mol. The van der Waals surface area contributed by atoms with E-state index in [1.807, 2.05) is 0 Å². The zero-order chi connectivity index (χ0) is 14.1. The predicted molar refractivity (Wildman–Crippen MR) is 81.1 cm³/mol. The number of hydrogen-bond acceptors (Lipinski definition) is 2. The SMILES string of the molecule is CCCC(CC)CCOC(O)CC1(C)CCCCC1. The molecule has 0 spiro atoms. The number of aliphatic hydroxyl groups is 1. The maximum absolute atomic E-state index is 10.1. The van der Waals surface area contributed by atoms with Crippen LogP contribution in [0.1, 0.15) is 85.0 Å². The van der Waals surface area contributed by atoms with E-state index in [9.17, 15) is 5.11 Å². The summed E-state index contributed by atoms with van der Waals surface area (Å²) in [6.45, 7) is 7.52. The Balaban J connectivity index is 2.18. The first-order chi connectivity index (χ1) is 9.09. The lowest BCUT2D eigenvalue weighted by Gasteiger charge is -2.35. The van der Waals surface area contributed by atoms with Gasteiger partial charge in [-0.15, -0.1) is 0 Å². The second kappa shape index (κ2) is 8.97. The summed E-state index contributed by atoms with van der Waals surface area (Å²) in [7, 11) is 0. The Morgan fingerprint density at radius 1 is 1.11 bits per heavy atom. The van der Waals surface area contributed by atoms with Gasteiger partial charge < -0.3 is 9.84 Å². The van der Waals surface area contributed by atoms with Crippen molar-refractivity contribution in [3.63, 3.8) is 0 Å². The molecule has 0 heterocycles. The van der Waals surface area contributed by atoms with Crippen LogP contribution in [0.25, 0.3) is 0 Å². The maximum atomic E-state index is 10.1. The van der Waals surface area contributed by atoms with Crippen LogP contribution in [0.4, 0.5) is 0 Å². The van der Waals surface area contributed by atoms with Gasteiger partial charge in [0.1, 0.15) is 0 Å². The van der Waals surface area contributed by atoms with E-state index < -0.39 is 6.29 Å². The quantitative estimate of drug-likeness (QED) is 0.604. The van der Waals surface area contributed by atoms with Gasteiger partial charge in [0.2, 0.25) is 0 Å². The number of hydrogen-bond donors (Lipinski definition) is 1. The molecule has 2 heteroatoms. The molecule has 2 unspecified atom stereocenters. The molecule has 2 nitrogen and oxygen atoms in total. The molecule has 0 bridgehead atoms. The summed E-state index contributed by atoms with van der Waals surface area (Å²) in [5.41, 5.74) is 0.311. The van der Waals surface area contributed by atoms with Crippen molar-refractivity contribution >= 4 is 0 Å². The summed E-state index contributed by atoms with van der Waals surface area (Å²) in [6.07, 6.45) is 11.6. The first-order valence-electron chi connectivity index (χ1n) is 8.39. The summed E-state index contributed by atoms with van der Waals surface area (Å²) in [5.74, 6) is 0.766. The van der Waals surface area contributed by atoms with Gasteiger partial charge in [-0.05, 0) is 30.6 Å². The molecule has 0 aromatic heterocycles. The maximum Gasteiger partial charge on any atom is 0.155 e. The minimum absolute atomic E-state index is 0.311. The van der Waals surface area contributed by atoms with E-state index in [1.54, 1.807) is 0 Å². The smallest absolute Gasteiger partial charge is 0.155 e. The Bertz CT molecular complexity index is 221. The zero-order valence-corrected chi connectivity index (χ0v) is 13.3. The van der Waals surface area contributed by atoms with Crippen LogP contribution >= 0.6 is 0 Å². The molecule has 0 radical (unpaired) electrons. The molecule has 0 aromatic carbocycles. The van der Waals surface area contributed by atoms with Crippen LogP contribution in [0.2, 0.25) is 0 Å². The first kappa shape index (κ1) is 17.0. The normalized spacial score (nSPS) is 22.1. The van der Waals surface area contributed by atoms with E-state index in [0.29, 0.717) is 5.41 Å². The topological polar surface area (TPSA) is 29.5 Å². The van der Waals surface area contributed by atoms with Crippen LogP contribution < -0.4 is 0 Å². The second-order valence-electron chi connectivity index (χ2n) is 6.75. The van der Waals surface area contributed by atoms with Crippen molar-refractivity contribution in [2.75, 3.05) is 6.61 Å². The van der Waals surface area contributed by atoms with Gasteiger partial charge in [-0.1, -0.05) is 59.3 Å². The van der Waals surface area contributed by atoms with Crippen molar-refractivity contribution in [3.05, 3.63) is 0 Å². The van der Waals surface area contributed by atoms with Gasteiger partial charge in [0.05, 0.1) is 0 Å². The van der Waals surface area contributed by atoms with Crippen molar-refractivity contribution in [3.8, 4) is 0 Å². The first-order valence-corrected chi connectivity index (χ1v) is 8.39. The monoisotopic (exact) mass is 270 g/mol. The average Bonchev–Trinajstić information content (AvgIpc) is 2.38. The van der Waals surface area contributed by atoms with Crippen molar-refractivity contribution in [2.24, 2.45) is 11.3 Å². The van der Waals surface area contributed by atoms with Crippen LogP contribution in [0.15, 0.2) is 0 Å². The Hall–Kier alpha value is -0.0800. The van der Waals surface area contributed by atoms with Gasteiger partial charge >= 0.3 is 0 Å². The van der Waals surface area contributed by atoms with Crippen molar-refractivity contribution in [2.45, 2.75) is 91.3 Å². The summed E-state index contributed by atoms with van der Waals surface area (Å²) >= 11 is 0. The van der Waals surface area contributed by atoms with Gasteiger partial charge in [-0.25, -0.2) is 0 Å². The fraction of sp³-hybridized carbons (Fsp3) is 1.00. The summed E-state index contributed by atoms with van der Waals surface area (Å²) in [4.78, 5) is 0. The highest BCUT2D eigenvalue weighted by atomic mass is 16.6. The fourth-order valence-electron chi connectivity index (χ4n) is 3.42. The molecule has 0 aliphatic heterocycles. The molecule has 1 saturated carbocycles. The highest BCUT2D eigenvalue weighted by Crippen LogP contribution is 2.39. The minimum atomic E-state index is -0.553. The Morgan fingerprint density at radius 2 is 1.79 bits per heavy atom. The molecule has 0 saturated heterocycles. The molecule has 19 heavy (non-hydrogen) atoms. The van der Waals surface area contributed by atoms with Crippen LogP contribution in [-0.2, 0) is 4.74 Å². The zero-order valence-electron chi connectivity index (χ0n) is 13.3. The van der Waals surface area contributed by atoms with Crippen LogP contribution in [0.5, 0.6) is 0 Å². The van der Waals surface area contributed by atoms with Crippen LogP contribution in [0, 0.1) is 11.3 Å². The third-order valence-electron chi connectivity index (χ3n) is 4.84. The number of rotatable bonds is 9. The lowest BCUT2D eigenvalue weighted by Crippen LogP contribution is -2.28. The highest BCUT2D eigenvalue weighted by Gasteiger charge is 2.29. The molecule has 114 valence electrons. The molecule has 1 aliphatic carbocycles. The van der Waals surface area contributed by atoms with E-state index in [-0.39, 0.29) is 0 Å². The lowest BCUT2D eigenvalue weighted by atomic mass is 9.73. The molecule has 0 aromatic rings. The molecular weight excluding hydrogens is 236 g/mol. The van der Waals surface area contributed by atoms with E-state index >= 15 is 0 Å². The third kappa shape index (κ3) is 6.76. The molecule has 0 amide bonds. The number of ether oxygens (including phenoxy) is 1. The van der Waals surface area contributed by atoms with E-state index in [0.717, 1.165) is 25.4 Å². The van der Waals surface area contributed by atoms with E-state index in [2.05, 4.69) is 20.8 Å². The fourth-order valence-corrected chi connectivity index (χ4v) is 3.42. The molecule has 1 fully saturated rings. The van der Waals surface area contributed by atoms with Gasteiger partial charge in [-0.2, -0.15) is 0 Å². The van der Waals surface area contributed by atoms with Crippen molar-refractivity contribution in [1.29, 1.82) is 0 Å². The van der Waals surface area contributed by atoms with Gasteiger partial charge in [0.15, 0.2) is 6.29 Å². The Kier molecular flexibility index (Phi) is 8.01. The lowest BCUT2D eigenvalue weighted by molar-refractivity contribution is -0.127. The molecular formula is C17H34O2. The van der Waals surface area contributed by atoms with Crippen molar-refractivity contribution < 1.29 is 9.84 Å². The van der Waals surface area contributed by atoms with Gasteiger partial charge in [-0.3, -0.25) is 0 Å². The van der Waals surface area contributed by atoms with Gasteiger partial charge in [0.25, 0.3) is 0 Å². The summed E-state index contributed by atoms with van der Waals surface area (Å²) in [6, 6.07) is 0. The standard InChI is InChI=1S/C17H34O2/c1-4-9-15(5-2)10-13-19-16(18)14-17(3)11-7-6-8-12-17/h15-16,18H,4-14H2,1-3H3. The number of aliphatic hydroxyl groups excluding tert-OH is 1. The van der Waals surface area contributed by atoms with E-state index in [4.69, 9.17) is 4.74 Å². The van der Waals surface area contributed by atoms with E-state index in [1.165, 1.54) is 51.4 Å².